The van der Waals surface area contributed by atoms with Crippen LogP contribution in [0.1, 0.15) is 155 Å². The van der Waals surface area contributed by atoms with Crippen molar-refractivity contribution in [3.63, 3.8) is 0 Å². The number of carbonyl (C=O) groups is 4. The van der Waals surface area contributed by atoms with Crippen LogP contribution in [0.25, 0.3) is 32.7 Å². The summed E-state index contributed by atoms with van der Waals surface area (Å²) in [6.07, 6.45) is 6.35. The second-order valence-electron chi connectivity index (χ2n) is 28.1. The predicted octanol–water partition coefficient (Wildman–Crippen LogP) is 23.9. The first-order chi connectivity index (χ1) is 65.8. The Balaban J connectivity index is -0.000000178. The van der Waals surface area contributed by atoms with Gasteiger partial charge in [0.25, 0.3) is 0 Å². The number of benzene rings is 8. The number of nitrogen functional groups attached to an aromatic ring is 4. The molecule has 8 aromatic carbocycles. The van der Waals surface area contributed by atoms with Gasteiger partial charge in [-0.05, 0) is 244 Å². The zero-order chi connectivity index (χ0) is 112. The molecule has 63 heteroatoms. The van der Waals surface area contributed by atoms with Gasteiger partial charge in [-0.15, -0.1) is 0 Å². The number of aromatic nitrogens is 7. The first-order valence-corrected chi connectivity index (χ1v) is 52.0. The number of carbonyl (C=O) groups excluding carboxylic acids is 2. The number of aldehydes is 1. The summed E-state index contributed by atoms with van der Waals surface area (Å²) in [5.74, 6) is -7.74. The standard InChI is InChI=1S/C13H10BrClFNO2S.C8H5BClFN2O2.C8H3BrClFN2.C8H4BrFN2O.C7H5BrFNO2.C7H7BrFNO.C7H5BrFNO.C7H6FNO2.C6H12B2O2.C6H14O2.CH3B.CH4N2O.CH4S.7CH4.BHNS.Cl3OP.Mn.2O/c1-8-9(14)6-11(16)12(17-8)7-20(18,19)13-5-3-2-4-10(13)15;10-8-12-3-4-1-5(9(14)15)2-6(11)7(4)13-8;9-5-1-4-3-12-8(10)13-7(4)6(11)2-5;9-5-1-4-3-11-8(13)12-7(4)6(10)2-5;8-3-1-4(7(11)12)6(10)5(9)2-3;2*8-5-1-4(3-11)7(10)6(9)2-5;8-5-3-1-2-4(6(5)9)7(10)11;1-5(2)6(3,4)10-8(7)9-5;1-5(2,7)6(3,4)8;1-2;2-1(3)4;1-2;;;;;;;;1-2-3;1-5(2,3)4;;;/h2-6H,7H2,1H3;1-3,14-15H;1-3H;1-3H,(H,11,12,13);1-2H,10H2,(H,11,12);1-2,11H,3,10H2;1-3H,10H2;1-3H,9H2,(H,10,11);1-4H3;7-8H,1-4H3;1H3;(H4,2,3,4);2H,1H3;7*1H4;3H;;;;. The van der Waals surface area contributed by atoms with Gasteiger partial charge >= 0.3 is 90.2 Å². The van der Waals surface area contributed by atoms with E-state index < -0.39 is 131 Å². The molecule has 1 aliphatic rings. The number of aliphatic hydroxyl groups is 3. The number of fused-ring (bicyclic) bond motifs is 3. The van der Waals surface area contributed by atoms with E-state index in [0.717, 1.165) is 18.2 Å². The molecule has 4 aromatic heterocycles. The Morgan fingerprint density at radius 1 is 0.587 bits per heavy atom. The molecule has 13 rings (SSSR count). The van der Waals surface area contributed by atoms with Crippen LogP contribution in [0.4, 0.5) is 62.7 Å². The van der Waals surface area contributed by atoms with Gasteiger partial charge in [-0.3, -0.25) is 14.3 Å². The number of halogens is 20. The number of aliphatic hydroxyl groups excluding tert-OH is 1. The number of thiol groups is 2. The molecule has 1 aliphatic heterocycles. The van der Waals surface area contributed by atoms with Gasteiger partial charge in [0.15, 0.2) is 21.9 Å². The number of H-pyrrole nitrogens is 1. The number of para-hydroxylation sites is 1. The van der Waals surface area contributed by atoms with Crippen molar-refractivity contribution in [3.05, 3.63) is 273 Å². The second kappa shape index (κ2) is 78.8. The fourth-order valence-electron chi connectivity index (χ4n) is 8.90. The number of primary amides is 2. The number of carboxylic acids is 2. The molecular weight excluding hydrogens is 2630 g/mol. The van der Waals surface area contributed by atoms with E-state index in [1.807, 2.05) is 27.7 Å². The fraction of sp³-hybridized carbons (Fsp3) is 0.276. The molecule has 150 heavy (non-hydrogen) atoms. The third-order valence-corrected chi connectivity index (χ3v) is 22.4. The quantitative estimate of drug-likeness (QED) is 0.0121. The van der Waals surface area contributed by atoms with Gasteiger partial charge in [0.2, 0.25) is 10.6 Å². The molecule has 0 spiro atoms. The SMILES string of the molecule is C.C.C.C.C.C.C.CC(C)(O)C(C)(C)O.CS.Cc1nc(CS(=O)(=O)c2ccccc2Cl)c(F)cc1Br.Fc1cc(Br)cc2cnc(Cl)nc12.NC(N)=O.Nc1c(F)cc(Br)cc1C(=O)O.Nc1c(F)cc(Br)cc1C=O.Nc1c(F)cc(Br)cc1CO.Nc1c(F)cccc1C(=O)O.O=P(Cl)(Cl)Cl.O=c1ncc2cc(Br)cc(F)c2[nH]1.OB(O)c1cc(F)c2nc(Cl)ncc2c1.[B]=NS.[B]B1OC(C)(C)C(C)(C)O1.[B]C.[O]=[Mn]=[O]. The first kappa shape index (κ1) is 163. The van der Waals surface area contributed by atoms with Gasteiger partial charge in [0.05, 0.1) is 97.6 Å². The third-order valence-electron chi connectivity index (χ3n) is 16.8. The van der Waals surface area contributed by atoms with E-state index in [2.05, 4.69) is 221 Å². The summed E-state index contributed by atoms with van der Waals surface area (Å²) in [6, 6.07) is 26.4. The molecule has 0 atom stereocenters. The minimum absolute atomic E-state index is 0. The average molecular weight is 2740 g/mol. The monoisotopic (exact) mass is 2730 g/mol. The molecule has 12 aromatic rings. The number of aromatic carboxylic acids is 2. The van der Waals surface area contributed by atoms with Crippen LogP contribution >= 0.6 is 195 Å². The number of rotatable bonds is 9. The predicted molar refractivity (Wildman–Crippen MR) is 613 cm³/mol. The number of nitrogens with zero attached hydrogens (tertiary/aromatic N) is 7. The van der Waals surface area contributed by atoms with Crippen LogP contribution in [-0.2, 0) is 58.6 Å². The van der Waals surface area contributed by atoms with Crippen molar-refractivity contribution in [1.29, 1.82) is 0 Å². The van der Waals surface area contributed by atoms with E-state index in [-0.39, 0.29) is 157 Å². The van der Waals surface area contributed by atoms with E-state index in [1.54, 1.807) is 71.2 Å². The van der Waals surface area contributed by atoms with Crippen molar-refractivity contribution in [3.8, 4) is 0 Å². The number of aryl methyl sites for hydroxylation is 1. The van der Waals surface area contributed by atoms with Gasteiger partial charge in [-0.2, -0.15) is 12.6 Å². The summed E-state index contributed by atoms with van der Waals surface area (Å²) in [6.45, 7) is 17.1. The Hall–Kier alpha value is -7.29. The third kappa shape index (κ3) is 61.3. The van der Waals surface area contributed by atoms with Crippen molar-refractivity contribution in [2.24, 2.45) is 15.8 Å². The second-order valence-corrected chi connectivity index (χ2v) is 43.7. The summed E-state index contributed by atoms with van der Waals surface area (Å²) < 4.78 is 172. The molecule has 0 unspecified atom stereocenters. The first-order valence-electron chi connectivity index (χ1n) is 37.8. The van der Waals surface area contributed by atoms with E-state index in [4.69, 9.17) is 123 Å². The van der Waals surface area contributed by atoms with Gasteiger partial charge in [0.1, 0.15) is 65.2 Å². The number of aromatic amines is 1. The van der Waals surface area contributed by atoms with Crippen LogP contribution in [0.3, 0.4) is 0 Å². The van der Waals surface area contributed by atoms with Crippen LogP contribution in [0.2, 0.25) is 22.4 Å². The number of amides is 2. The molecule has 0 bridgehead atoms. The minimum atomic E-state index is -3.75. The maximum absolute atomic E-state index is 13.8. The molecule has 0 saturated carbocycles. The number of nitrogens with one attached hydrogen (secondary N) is 1. The number of urea groups is 1. The van der Waals surface area contributed by atoms with Gasteiger partial charge in [-0.1, -0.05) is 174 Å². The molecule has 1 fully saturated rings. The molecule has 828 valence electrons. The fourth-order valence-corrected chi connectivity index (χ4v) is 13.6. The van der Waals surface area contributed by atoms with Crippen LogP contribution in [0.15, 0.2) is 181 Å². The number of hydrogen-bond acceptors (Lipinski definition) is 30. The molecule has 5 heterocycles. The Labute approximate surface area is 966 Å². The van der Waals surface area contributed by atoms with Crippen LogP contribution in [-0.4, -0.2) is 169 Å². The van der Waals surface area contributed by atoms with Crippen LogP contribution < -0.4 is 45.6 Å². The molecule has 33 nitrogen and oxygen atoms in total. The van der Waals surface area contributed by atoms with Crippen molar-refractivity contribution in [2.75, 3.05) is 29.2 Å². The molecule has 2 amide bonds. The Kier molecular flexibility index (Phi) is 85.5. The number of nitrogens with two attached hydrogens (primary N) is 6. The number of sulfone groups is 1. The van der Waals surface area contributed by atoms with E-state index in [9.17, 15) is 67.3 Å². The molecule has 20 N–H and O–H groups in total. The van der Waals surface area contributed by atoms with Gasteiger partial charge in [-0.25, -0.2) is 87.6 Å². The van der Waals surface area contributed by atoms with Crippen molar-refractivity contribution in [1.82, 2.24) is 34.9 Å². The van der Waals surface area contributed by atoms with E-state index >= 15 is 0 Å². The normalized spacial score (nSPS) is 10.9. The van der Waals surface area contributed by atoms with Crippen LogP contribution in [0, 0.1) is 53.5 Å². The van der Waals surface area contributed by atoms with Crippen molar-refractivity contribution < 1.29 is 135 Å². The summed E-state index contributed by atoms with van der Waals surface area (Å²) in [4.78, 5) is 75.5. The number of pyridine rings is 1. The van der Waals surface area contributed by atoms with Crippen molar-refractivity contribution in [2.45, 2.75) is 161 Å². The summed E-state index contributed by atoms with van der Waals surface area (Å²) in [7, 11) is 8.24. The van der Waals surface area contributed by atoms with E-state index in [1.165, 1.54) is 98.2 Å². The van der Waals surface area contributed by atoms with Gasteiger partial charge < -0.3 is 84.3 Å². The Morgan fingerprint density at radius 2 is 0.953 bits per heavy atom. The van der Waals surface area contributed by atoms with Crippen molar-refractivity contribution >= 4 is 327 Å². The number of carboxylic acid groups (broad SMARTS) is 2. The average Bonchev–Trinajstić information content (AvgIpc) is 1.45. The number of anilines is 4. The molecule has 5 radical (unpaired) electrons. The topological polar surface area (TPSA) is 592 Å². The Morgan fingerprint density at radius 3 is 1.35 bits per heavy atom. The zero-order valence-electron chi connectivity index (χ0n) is 75.5. The summed E-state index contributed by atoms with van der Waals surface area (Å²) >= 11 is 54.6. The molecule has 0 aliphatic carbocycles. The summed E-state index contributed by atoms with van der Waals surface area (Å²) in [5.41, 5.74) is 26.5. The maximum atomic E-state index is 13.8. The van der Waals surface area contributed by atoms with E-state index in [0.29, 0.717) is 60.5 Å². The summed E-state index contributed by atoms with van der Waals surface area (Å²) in [5, 5.41) is 60.1. The van der Waals surface area contributed by atoms with Gasteiger partial charge in [0, 0.05) is 72.7 Å². The molecular formula is C87H111B5Br6Cl6F8MnN14O19PS3. The number of hydrogen-bond donors (Lipinski definition) is 16. The Bertz CT molecular complexity index is 6560. The van der Waals surface area contributed by atoms with Crippen LogP contribution in [0.5, 0.6) is 0 Å². The zero-order valence-corrected chi connectivity index (χ0v) is 94.2. The molecule has 1 saturated heterocycles.